The molecule has 1 heterocycles. The molecule has 254 valence electrons. The number of fused-ring (bicyclic) bond motifs is 1. The summed E-state index contributed by atoms with van der Waals surface area (Å²) in [6, 6.07) is 38.3. The molecule has 7 nitrogen and oxygen atoms in total. The number of anilines is 1. The molecule has 0 saturated heterocycles. The molecule has 0 aromatic heterocycles. The van der Waals surface area contributed by atoms with Gasteiger partial charge >= 0.3 is 0 Å². The molecular formula is C40H35Cl2N3O4S. The Labute approximate surface area is 306 Å². The fourth-order valence-electron chi connectivity index (χ4n) is 5.42. The number of carbonyl (C=O) groups excluding carboxylic acids is 2. The summed E-state index contributed by atoms with van der Waals surface area (Å²) >= 11 is 14.4. The maximum absolute atomic E-state index is 13.9. The third-order valence-corrected chi connectivity index (χ3v) is 10.2. The molecule has 0 spiro atoms. The van der Waals surface area contributed by atoms with Gasteiger partial charge in [0, 0.05) is 39.2 Å². The Kier molecular flexibility index (Phi) is 11.1. The Bertz CT molecular complexity index is 2010. The summed E-state index contributed by atoms with van der Waals surface area (Å²) in [5.74, 6) is -0.1000. The second kappa shape index (κ2) is 15.9. The van der Waals surface area contributed by atoms with Gasteiger partial charge in [-0.3, -0.25) is 14.6 Å². The molecule has 1 unspecified atom stereocenters. The maximum Gasteiger partial charge on any atom is 0.260 e. The van der Waals surface area contributed by atoms with Gasteiger partial charge in [0.25, 0.3) is 5.91 Å². The number of amides is 2. The molecule has 10 heteroatoms. The molecule has 5 aromatic carbocycles. The van der Waals surface area contributed by atoms with Gasteiger partial charge in [0.2, 0.25) is 11.0 Å². The molecule has 0 radical (unpaired) electrons. The Balaban J connectivity index is 1.30. The number of ether oxygens (including phenoxy) is 2. The predicted molar refractivity (Wildman–Crippen MR) is 201 cm³/mol. The van der Waals surface area contributed by atoms with Crippen LogP contribution in [0.2, 0.25) is 10.0 Å². The molecule has 6 rings (SSSR count). The number of rotatable bonds is 12. The summed E-state index contributed by atoms with van der Waals surface area (Å²) in [4.78, 5) is 27.5. The number of thioether (sulfide) groups is 1. The Morgan fingerprint density at radius 2 is 1.48 bits per heavy atom. The van der Waals surface area contributed by atoms with Crippen LogP contribution in [-0.4, -0.2) is 30.4 Å². The molecule has 1 aliphatic heterocycles. The van der Waals surface area contributed by atoms with Crippen molar-refractivity contribution in [1.82, 2.24) is 10.3 Å². The van der Waals surface area contributed by atoms with Crippen molar-refractivity contribution >= 4 is 58.5 Å². The van der Waals surface area contributed by atoms with E-state index in [2.05, 4.69) is 5.32 Å². The highest BCUT2D eigenvalue weighted by molar-refractivity contribution is 8.00. The summed E-state index contributed by atoms with van der Waals surface area (Å²) in [6.07, 6.45) is 3.13. The molecule has 2 amide bonds. The highest BCUT2D eigenvalue weighted by atomic mass is 35.5. The zero-order valence-corrected chi connectivity index (χ0v) is 29.8. The number of halogens is 2. The summed E-state index contributed by atoms with van der Waals surface area (Å²) in [6.45, 7) is 2.21. The first-order valence-corrected chi connectivity index (χ1v) is 17.5. The lowest BCUT2D eigenvalue weighted by atomic mass is 10.1. The molecule has 1 atom stereocenters. The molecule has 50 heavy (non-hydrogen) atoms. The van der Waals surface area contributed by atoms with Gasteiger partial charge in [0.05, 0.1) is 18.8 Å². The van der Waals surface area contributed by atoms with Crippen LogP contribution in [0.1, 0.15) is 27.8 Å². The molecule has 0 fully saturated rings. The maximum atomic E-state index is 13.9. The summed E-state index contributed by atoms with van der Waals surface area (Å²) in [5.41, 5.74) is 5.21. The summed E-state index contributed by atoms with van der Waals surface area (Å²) < 4.78 is 13.0. The van der Waals surface area contributed by atoms with Crippen molar-refractivity contribution in [2.75, 3.05) is 18.6 Å². The quantitative estimate of drug-likeness (QED) is 0.130. The monoisotopic (exact) mass is 723 g/mol. The van der Waals surface area contributed by atoms with Crippen LogP contribution < -0.4 is 15.1 Å². The van der Waals surface area contributed by atoms with Crippen LogP contribution in [0.15, 0.2) is 132 Å². The third kappa shape index (κ3) is 8.01. The summed E-state index contributed by atoms with van der Waals surface area (Å²) in [7, 11) is 1.67. The minimum absolute atomic E-state index is 0.157. The fraction of sp³-hybridized carbons (Fsp3) is 0.150. The average molecular weight is 725 g/mol. The van der Waals surface area contributed by atoms with E-state index < -0.39 is 5.06 Å². The van der Waals surface area contributed by atoms with Gasteiger partial charge in [-0.05, 0) is 54.5 Å². The lowest BCUT2D eigenvalue weighted by molar-refractivity contribution is -0.134. The van der Waals surface area contributed by atoms with E-state index in [4.69, 9.17) is 32.7 Å². The van der Waals surface area contributed by atoms with Crippen molar-refractivity contribution in [2.24, 2.45) is 0 Å². The number of hydrogen-bond donors (Lipinski definition) is 1. The lowest BCUT2D eigenvalue weighted by Gasteiger charge is -2.43. The predicted octanol–water partition coefficient (Wildman–Crippen LogP) is 9.02. The third-order valence-electron chi connectivity index (χ3n) is 8.14. The second-order valence-corrected chi connectivity index (χ2v) is 13.6. The Morgan fingerprint density at radius 3 is 2.16 bits per heavy atom. The van der Waals surface area contributed by atoms with Crippen molar-refractivity contribution in [3.8, 4) is 5.75 Å². The van der Waals surface area contributed by atoms with Gasteiger partial charge < -0.3 is 14.8 Å². The van der Waals surface area contributed by atoms with Gasteiger partial charge in [-0.15, -0.1) is 0 Å². The largest absolute Gasteiger partial charge is 0.489 e. The molecule has 0 bridgehead atoms. The number of hydrogen-bond acceptors (Lipinski definition) is 6. The zero-order valence-electron chi connectivity index (χ0n) is 27.5. The number of nitrogens with one attached hydrogen (secondary N) is 1. The topological polar surface area (TPSA) is 71.1 Å². The standard InChI is InChI=1S/C40H35Cl2N3O4S/c1-28-16-18-29(19-17-28)20-23-38(46)43-25-39(47)44(2)45-36-22-21-33(48-26-30-10-6-8-14-34(30)41)24-37(36)50-40(45,32-12-4-3-5-13-32)49-27-31-11-7-9-15-35(31)42/h3-24H,25-27H2,1-2H3,(H,43,46)/b23-20+. The van der Waals surface area contributed by atoms with Crippen molar-refractivity contribution in [3.05, 3.63) is 165 Å². The van der Waals surface area contributed by atoms with Gasteiger partial charge in [0.1, 0.15) is 12.4 Å². The molecule has 1 N–H and O–H groups in total. The van der Waals surface area contributed by atoms with Crippen LogP contribution in [0, 0.1) is 6.92 Å². The number of benzene rings is 5. The SMILES string of the molecule is Cc1ccc(/C=C/C(=O)NCC(=O)N(C)N2c3ccc(OCc4ccccc4Cl)cc3SC2(OCc2ccccc2Cl)c2ccccc2)cc1. The van der Waals surface area contributed by atoms with E-state index in [1.807, 2.05) is 133 Å². The highest BCUT2D eigenvalue weighted by Crippen LogP contribution is 2.58. The van der Waals surface area contributed by atoms with Crippen LogP contribution in [0.4, 0.5) is 5.69 Å². The molecule has 5 aromatic rings. The lowest BCUT2D eigenvalue weighted by Crippen LogP contribution is -2.56. The van der Waals surface area contributed by atoms with Crippen molar-refractivity contribution in [1.29, 1.82) is 0 Å². The number of aryl methyl sites for hydroxylation is 1. The molecule has 1 aliphatic rings. The van der Waals surface area contributed by atoms with Crippen molar-refractivity contribution in [2.45, 2.75) is 30.1 Å². The van der Waals surface area contributed by atoms with Gasteiger partial charge in [-0.1, -0.05) is 132 Å². The van der Waals surface area contributed by atoms with Gasteiger partial charge in [0.15, 0.2) is 0 Å². The zero-order chi connectivity index (χ0) is 35.1. The van der Waals surface area contributed by atoms with Crippen LogP contribution in [0.25, 0.3) is 6.08 Å². The normalized spacial score (nSPS) is 15.2. The van der Waals surface area contributed by atoms with E-state index in [9.17, 15) is 9.59 Å². The number of hydrazine groups is 1. The second-order valence-electron chi connectivity index (χ2n) is 11.6. The number of likely N-dealkylation sites (N-methyl/N-ethyl adjacent to an activating group) is 1. The van der Waals surface area contributed by atoms with Crippen molar-refractivity contribution < 1.29 is 19.1 Å². The molecule has 0 saturated carbocycles. The fourth-order valence-corrected chi connectivity index (χ4v) is 7.21. The molecular weight excluding hydrogens is 689 g/mol. The minimum Gasteiger partial charge on any atom is -0.489 e. The van der Waals surface area contributed by atoms with E-state index in [0.29, 0.717) is 15.8 Å². The number of nitrogens with zero attached hydrogens (tertiary/aromatic N) is 2. The average Bonchev–Trinajstić information content (AvgIpc) is 3.47. The van der Waals surface area contributed by atoms with Crippen LogP contribution >= 0.6 is 35.0 Å². The Morgan fingerprint density at radius 1 is 0.840 bits per heavy atom. The van der Waals surface area contributed by atoms with Crippen LogP contribution in [-0.2, 0) is 32.6 Å². The van der Waals surface area contributed by atoms with Crippen LogP contribution in [0.3, 0.4) is 0 Å². The summed E-state index contributed by atoms with van der Waals surface area (Å²) in [5, 5.41) is 6.02. The van der Waals surface area contributed by atoms with E-state index in [1.54, 1.807) is 13.1 Å². The number of carbonyl (C=O) groups is 2. The van der Waals surface area contributed by atoms with Gasteiger partial charge in [-0.2, -0.15) is 0 Å². The van der Waals surface area contributed by atoms with Crippen LogP contribution in [0.5, 0.6) is 5.75 Å². The van der Waals surface area contributed by atoms with Crippen molar-refractivity contribution in [3.63, 3.8) is 0 Å². The first-order valence-electron chi connectivity index (χ1n) is 15.9. The van der Waals surface area contributed by atoms with E-state index in [1.165, 1.54) is 22.8 Å². The first-order chi connectivity index (χ1) is 24.2. The highest BCUT2D eigenvalue weighted by Gasteiger charge is 2.51. The first kappa shape index (κ1) is 35.1. The Hall–Kier alpha value is -4.73. The van der Waals surface area contributed by atoms with E-state index in [0.717, 1.165) is 38.4 Å². The van der Waals surface area contributed by atoms with Gasteiger partial charge in [-0.25, -0.2) is 5.01 Å². The smallest absolute Gasteiger partial charge is 0.260 e. The van der Waals surface area contributed by atoms with E-state index in [-0.39, 0.29) is 31.6 Å². The molecule has 0 aliphatic carbocycles. The minimum atomic E-state index is -1.23. The van der Waals surface area contributed by atoms with E-state index >= 15 is 0 Å².